The van der Waals surface area contributed by atoms with Crippen LogP contribution in [0.3, 0.4) is 0 Å². The number of ether oxygens (including phenoxy) is 1. The van der Waals surface area contributed by atoms with E-state index in [-0.39, 0.29) is 4.90 Å². The van der Waals surface area contributed by atoms with Crippen LogP contribution in [-0.4, -0.2) is 18.2 Å². The highest BCUT2D eigenvalue weighted by Crippen LogP contribution is 2.27. The molecule has 20 heavy (non-hydrogen) atoms. The van der Waals surface area contributed by atoms with Crippen molar-refractivity contribution in [2.24, 2.45) is 12.2 Å². The molecule has 0 aliphatic heterocycles. The smallest absolute Gasteiger partial charge is 0.238 e. The van der Waals surface area contributed by atoms with Crippen LogP contribution >= 0.6 is 0 Å². The molecule has 0 aliphatic carbocycles. The molecule has 1 aromatic heterocycles. The fourth-order valence-corrected chi connectivity index (χ4v) is 2.69. The minimum Gasteiger partial charge on any atom is -0.488 e. The molecule has 1 aromatic carbocycles. The van der Waals surface area contributed by atoms with Gasteiger partial charge in [0.25, 0.3) is 0 Å². The minimum atomic E-state index is -3.70. The van der Waals surface area contributed by atoms with Gasteiger partial charge < -0.3 is 4.74 Å². The zero-order valence-electron chi connectivity index (χ0n) is 11.6. The minimum absolute atomic E-state index is 0.0984. The summed E-state index contributed by atoms with van der Waals surface area (Å²) in [6, 6.07) is 3.03. The molecule has 0 aliphatic rings. The standard InChI is InChI=1S/C13H17N3O3S/c1-9-4-12(20(14,17)18)5-10(2)13(9)19-8-11-6-15-16(3)7-11/h4-7H,8H2,1-3H3,(H2,14,17,18). The number of primary sulfonamides is 1. The Kier molecular flexibility index (Phi) is 3.82. The SMILES string of the molecule is Cc1cc(S(N)(=O)=O)cc(C)c1OCc1cnn(C)c1. The molecule has 0 saturated heterocycles. The quantitative estimate of drug-likeness (QED) is 0.920. The van der Waals surface area contributed by atoms with Crippen molar-refractivity contribution in [1.82, 2.24) is 9.78 Å². The molecule has 0 unspecified atom stereocenters. The van der Waals surface area contributed by atoms with Crippen molar-refractivity contribution < 1.29 is 13.2 Å². The van der Waals surface area contributed by atoms with Gasteiger partial charge in [-0.05, 0) is 37.1 Å². The molecule has 0 amide bonds. The summed E-state index contributed by atoms with van der Waals surface area (Å²) in [4.78, 5) is 0.0984. The lowest BCUT2D eigenvalue weighted by Gasteiger charge is -2.12. The van der Waals surface area contributed by atoms with E-state index >= 15 is 0 Å². The maximum atomic E-state index is 11.4. The fraction of sp³-hybridized carbons (Fsp3) is 0.308. The van der Waals surface area contributed by atoms with Crippen LogP contribution < -0.4 is 9.88 Å². The highest BCUT2D eigenvalue weighted by atomic mass is 32.2. The van der Waals surface area contributed by atoms with Crippen LogP contribution in [0.5, 0.6) is 5.75 Å². The number of aryl methyl sites for hydroxylation is 3. The molecule has 2 aromatic rings. The zero-order chi connectivity index (χ0) is 14.9. The Morgan fingerprint density at radius 3 is 2.35 bits per heavy atom. The number of hydrogen-bond acceptors (Lipinski definition) is 4. The summed E-state index contributed by atoms with van der Waals surface area (Å²) in [5.74, 6) is 0.668. The summed E-state index contributed by atoms with van der Waals surface area (Å²) in [5, 5.41) is 9.19. The molecule has 0 spiro atoms. The monoisotopic (exact) mass is 295 g/mol. The third-order valence-corrected chi connectivity index (χ3v) is 3.80. The lowest BCUT2D eigenvalue weighted by atomic mass is 10.1. The predicted molar refractivity (Wildman–Crippen MR) is 74.8 cm³/mol. The number of hydrogen-bond donors (Lipinski definition) is 1. The van der Waals surface area contributed by atoms with Gasteiger partial charge in [0.15, 0.2) is 0 Å². The summed E-state index contributed by atoms with van der Waals surface area (Å²) in [7, 11) is -1.86. The maximum absolute atomic E-state index is 11.4. The van der Waals surface area contributed by atoms with E-state index in [0.717, 1.165) is 16.7 Å². The Labute approximate surface area is 118 Å². The van der Waals surface area contributed by atoms with Gasteiger partial charge in [0.2, 0.25) is 10.0 Å². The van der Waals surface area contributed by atoms with Crippen molar-refractivity contribution in [3.05, 3.63) is 41.2 Å². The Balaban J connectivity index is 2.25. The van der Waals surface area contributed by atoms with Gasteiger partial charge in [-0.1, -0.05) is 0 Å². The average molecular weight is 295 g/mol. The number of sulfonamides is 1. The first-order chi connectivity index (χ1) is 9.27. The van der Waals surface area contributed by atoms with Crippen molar-refractivity contribution in [1.29, 1.82) is 0 Å². The molecule has 2 N–H and O–H groups in total. The van der Waals surface area contributed by atoms with Crippen LogP contribution in [0.4, 0.5) is 0 Å². The van der Waals surface area contributed by atoms with Gasteiger partial charge in [-0.3, -0.25) is 4.68 Å². The highest BCUT2D eigenvalue weighted by molar-refractivity contribution is 7.89. The summed E-state index contributed by atoms with van der Waals surface area (Å²) in [6.07, 6.45) is 3.59. The van der Waals surface area contributed by atoms with Crippen LogP contribution in [-0.2, 0) is 23.7 Å². The van der Waals surface area contributed by atoms with Gasteiger partial charge in [0, 0.05) is 18.8 Å². The van der Waals surface area contributed by atoms with Gasteiger partial charge in [0.05, 0.1) is 11.1 Å². The molecule has 6 nitrogen and oxygen atoms in total. The molecule has 0 saturated carbocycles. The van der Waals surface area contributed by atoms with E-state index in [1.165, 1.54) is 12.1 Å². The molecule has 0 atom stereocenters. The number of nitrogens with two attached hydrogens (primary N) is 1. The largest absolute Gasteiger partial charge is 0.488 e. The molecular formula is C13H17N3O3S. The van der Waals surface area contributed by atoms with Crippen molar-refractivity contribution in [3.63, 3.8) is 0 Å². The molecule has 2 rings (SSSR count). The Morgan fingerprint density at radius 1 is 1.30 bits per heavy atom. The van der Waals surface area contributed by atoms with Crippen LogP contribution in [0.1, 0.15) is 16.7 Å². The fourth-order valence-electron chi connectivity index (χ4n) is 2.00. The van der Waals surface area contributed by atoms with Crippen molar-refractivity contribution in [2.75, 3.05) is 0 Å². The summed E-state index contributed by atoms with van der Waals surface area (Å²) >= 11 is 0. The summed E-state index contributed by atoms with van der Waals surface area (Å²) in [5.41, 5.74) is 2.41. The van der Waals surface area contributed by atoms with Gasteiger partial charge in [-0.25, -0.2) is 13.6 Å². The number of aromatic nitrogens is 2. The van der Waals surface area contributed by atoms with Gasteiger partial charge in [-0.15, -0.1) is 0 Å². The first-order valence-corrected chi connectivity index (χ1v) is 7.56. The lowest BCUT2D eigenvalue weighted by molar-refractivity contribution is 0.301. The van der Waals surface area contributed by atoms with Crippen molar-refractivity contribution in [3.8, 4) is 5.75 Å². The van der Waals surface area contributed by atoms with Crippen LogP contribution in [0, 0.1) is 13.8 Å². The van der Waals surface area contributed by atoms with Gasteiger partial charge in [-0.2, -0.15) is 5.10 Å². The Hall–Kier alpha value is -1.86. The Bertz CT molecular complexity index is 712. The van der Waals surface area contributed by atoms with Crippen LogP contribution in [0.2, 0.25) is 0 Å². The first kappa shape index (κ1) is 14.5. The van der Waals surface area contributed by atoms with Crippen molar-refractivity contribution in [2.45, 2.75) is 25.3 Å². The predicted octanol–water partition coefficient (Wildman–Crippen LogP) is 1.26. The van der Waals surface area contributed by atoms with E-state index in [2.05, 4.69) is 5.10 Å². The summed E-state index contributed by atoms with van der Waals surface area (Å²) in [6.45, 7) is 3.96. The highest BCUT2D eigenvalue weighted by Gasteiger charge is 2.13. The van der Waals surface area contributed by atoms with Crippen molar-refractivity contribution >= 4 is 10.0 Å². The van der Waals surface area contributed by atoms with Gasteiger partial charge in [0.1, 0.15) is 12.4 Å². The second-order valence-electron chi connectivity index (χ2n) is 4.74. The molecule has 0 bridgehead atoms. The van der Waals surface area contributed by atoms with E-state index in [1.807, 2.05) is 13.2 Å². The molecule has 0 radical (unpaired) electrons. The molecule has 1 heterocycles. The molecule has 0 fully saturated rings. The zero-order valence-corrected chi connectivity index (χ0v) is 12.4. The Morgan fingerprint density at radius 2 is 1.90 bits per heavy atom. The number of benzene rings is 1. The van der Waals surface area contributed by atoms with E-state index in [9.17, 15) is 8.42 Å². The third-order valence-electron chi connectivity index (χ3n) is 2.90. The average Bonchev–Trinajstić information content (AvgIpc) is 2.72. The normalized spacial score (nSPS) is 11.6. The molecule has 7 heteroatoms. The van der Waals surface area contributed by atoms with Crippen LogP contribution in [0.15, 0.2) is 29.4 Å². The van der Waals surface area contributed by atoms with E-state index in [0.29, 0.717) is 12.4 Å². The number of rotatable bonds is 4. The second kappa shape index (κ2) is 5.26. The van der Waals surface area contributed by atoms with E-state index in [4.69, 9.17) is 9.88 Å². The molecular weight excluding hydrogens is 278 g/mol. The number of nitrogens with zero attached hydrogens (tertiary/aromatic N) is 2. The van der Waals surface area contributed by atoms with E-state index < -0.39 is 10.0 Å². The van der Waals surface area contributed by atoms with Crippen LogP contribution in [0.25, 0.3) is 0 Å². The lowest BCUT2D eigenvalue weighted by Crippen LogP contribution is -2.13. The maximum Gasteiger partial charge on any atom is 0.238 e. The third kappa shape index (κ3) is 3.17. The summed E-state index contributed by atoms with van der Waals surface area (Å²) < 4.78 is 30.2. The van der Waals surface area contributed by atoms with E-state index in [1.54, 1.807) is 24.7 Å². The topological polar surface area (TPSA) is 87.2 Å². The first-order valence-electron chi connectivity index (χ1n) is 6.02. The second-order valence-corrected chi connectivity index (χ2v) is 6.30. The molecule has 108 valence electrons. The van der Waals surface area contributed by atoms with Gasteiger partial charge >= 0.3 is 0 Å².